The Hall–Kier alpha value is -6.13. The Bertz CT molecular complexity index is 2570. The van der Waals surface area contributed by atoms with Crippen molar-refractivity contribution in [3.8, 4) is 0 Å². The molecule has 4 nitrogen and oxygen atoms in total. The van der Waals surface area contributed by atoms with Crippen LogP contribution in [-0.4, -0.2) is 10.3 Å². The van der Waals surface area contributed by atoms with Gasteiger partial charge in [0.1, 0.15) is 0 Å². The highest BCUT2D eigenvalue weighted by atomic mass is 15.3. The summed E-state index contributed by atoms with van der Waals surface area (Å²) in [5.74, 6) is 0. The second kappa shape index (κ2) is 10.4. The van der Waals surface area contributed by atoms with Gasteiger partial charge in [-0.05, 0) is 65.0 Å². The first-order valence-electron chi connectivity index (χ1n) is 17.0. The van der Waals surface area contributed by atoms with Crippen molar-refractivity contribution in [2.24, 2.45) is 4.99 Å². The summed E-state index contributed by atoms with van der Waals surface area (Å²) >= 11 is 0. The van der Waals surface area contributed by atoms with Crippen molar-refractivity contribution in [1.29, 1.82) is 0 Å². The lowest BCUT2D eigenvalue weighted by Gasteiger charge is -2.39. The number of benzene rings is 7. The van der Waals surface area contributed by atoms with Crippen molar-refractivity contribution in [3.63, 3.8) is 0 Å². The smallest absolute Gasteiger partial charge is 0.201 e. The molecule has 2 aliphatic rings. The molecule has 0 spiro atoms. The highest BCUT2D eigenvalue weighted by Crippen LogP contribution is 2.48. The van der Waals surface area contributed by atoms with E-state index in [1.165, 1.54) is 49.3 Å². The minimum atomic E-state index is -0.344. The fourth-order valence-electron chi connectivity index (χ4n) is 8.31. The monoisotopic (exact) mass is 630 g/mol. The first-order valence-corrected chi connectivity index (χ1v) is 17.0. The van der Waals surface area contributed by atoms with Crippen LogP contribution >= 0.6 is 0 Å². The Morgan fingerprint density at radius 2 is 1.29 bits per heavy atom. The summed E-state index contributed by atoms with van der Waals surface area (Å²) < 4.78 is 2.43. The Labute approximate surface area is 285 Å². The zero-order valence-electron chi connectivity index (χ0n) is 27.4. The van der Waals surface area contributed by atoms with Crippen LogP contribution in [0.1, 0.15) is 42.4 Å². The third-order valence-corrected chi connectivity index (χ3v) is 10.6. The van der Waals surface area contributed by atoms with E-state index in [4.69, 9.17) is 4.99 Å². The molecule has 7 aromatic carbocycles. The number of aliphatic imine (C=N–C) groups is 1. The van der Waals surface area contributed by atoms with E-state index in [9.17, 15) is 0 Å². The molecule has 0 amide bonds. The van der Waals surface area contributed by atoms with E-state index in [0.717, 1.165) is 34.0 Å². The zero-order valence-corrected chi connectivity index (χ0v) is 27.4. The Kier molecular flexibility index (Phi) is 5.95. The highest BCUT2D eigenvalue weighted by molar-refractivity contribution is 6.21. The van der Waals surface area contributed by atoms with Crippen molar-refractivity contribution in [1.82, 2.24) is 4.57 Å². The second-order valence-electron chi connectivity index (χ2n) is 13.7. The molecular formula is C45H34N4. The van der Waals surface area contributed by atoms with Gasteiger partial charge < -0.3 is 14.8 Å². The number of hydrogen-bond donors (Lipinski definition) is 1. The number of nitrogens with zero attached hydrogens (tertiary/aromatic N) is 3. The van der Waals surface area contributed by atoms with Crippen LogP contribution in [0.25, 0.3) is 32.6 Å². The van der Waals surface area contributed by atoms with Gasteiger partial charge >= 0.3 is 0 Å². The van der Waals surface area contributed by atoms with Crippen molar-refractivity contribution < 1.29 is 0 Å². The van der Waals surface area contributed by atoms with Crippen LogP contribution in [0.2, 0.25) is 0 Å². The standard InChI is InChI=1S/C45H34N4/c1-45(2)37-21-12-11-20-35(37)42-41-38(45)22-13-23-39(41)46-44(47-42)49-40-27-25-32(48(30-15-5-3-6-16-30)31-17-7-4-8-18-31)28-36(40)34-26-24-29-14-9-10-19-33(29)43(34)49/h3-28,44,46H,1-2H3. The SMILES string of the molecule is CC1(C)c2ccccc2C2=NC(n3c4ccc(N(c5ccccc5)c5ccccc5)cc4c4ccc5ccccc5c43)Nc3cccc1c32. The van der Waals surface area contributed by atoms with Crippen LogP contribution < -0.4 is 10.2 Å². The van der Waals surface area contributed by atoms with Crippen molar-refractivity contribution in [2.75, 3.05) is 10.2 Å². The maximum Gasteiger partial charge on any atom is 0.201 e. The number of fused-ring (bicyclic) bond motifs is 7. The third-order valence-electron chi connectivity index (χ3n) is 10.6. The number of para-hydroxylation sites is 2. The summed E-state index contributed by atoms with van der Waals surface area (Å²) in [6.07, 6.45) is -0.344. The number of rotatable bonds is 4. The second-order valence-corrected chi connectivity index (χ2v) is 13.7. The van der Waals surface area contributed by atoms with Gasteiger partial charge in [-0.1, -0.05) is 123 Å². The lowest BCUT2D eigenvalue weighted by Crippen LogP contribution is -2.35. The predicted molar refractivity (Wildman–Crippen MR) is 205 cm³/mol. The highest BCUT2D eigenvalue weighted by Gasteiger charge is 2.39. The average Bonchev–Trinajstić information content (AvgIpc) is 3.49. The zero-order chi connectivity index (χ0) is 32.7. The molecule has 234 valence electrons. The molecular weight excluding hydrogens is 597 g/mol. The van der Waals surface area contributed by atoms with Gasteiger partial charge in [0.25, 0.3) is 0 Å². The molecule has 1 aromatic heterocycles. The van der Waals surface area contributed by atoms with Crippen molar-refractivity contribution in [3.05, 3.63) is 180 Å². The molecule has 0 saturated heterocycles. The van der Waals surface area contributed by atoms with Crippen LogP contribution in [0.4, 0.5) is 22.7 Å². The summed E-state index contributed by atoms with van der Waals surface area (Å²) in [4.78, 5) is 7.96. The fraction of sp³-hybridized carbons (Fsp3) is 0.0889. The molecule has 4 heteroatoms. The maximum absolute atomic E-state index is 5.62. The molecule has 0 bridgehead atoms. The Balaban J connectivity index is 1.25. The molecule has 8 aromatic rings. The van der Waals surface area contributed by atoms with Crippen LogP contribution in [0.5, 0.6) is 0 Å². The van der Waals surface area contributed by atoms with Crippen LogP contribution in [0.3, 0.4) is 0 Å². The molecule has 2 heterocycles. The quantitative estimate of drug-likeness (QED) is 0.210. The van der Waals surface area contributed by atoms with Crippen LogP contribution in [0, 0.1) is 0 Å². The van der Waals surface area contributed by atoms with Gasteiger partial charge in [-0.25, -0.2) is 4.99 Å². The van der Waals surface area contributed by atoms with E-state index in [1.807, 2.05) is 0 Å². The summed E-state index contributed by atoms with van der Waals surface area (Å²) in [6, 6.07) is 56.8. The number of anilines is 4. The number of nitrogens with one attached hydrogen (secondary N) is 1. The minimum absolute atomic E-state index is 0.127. The Morgan fingerprint density at radius 3 is 2.08 bits per heavy atom. The minimum Gasteiger partial charge on any atom is -0.346 e. The average molecular weight is 631 g/mol. The molecule has 1 aliphatic heterocycles. The molecule has 0 saturated carbocycles. The topological polar surface area (TPSA) is 32.6 Å². The van der Waals surface area contributed by atoms with Crippen LogP contribution in [0.15, 0.2) is 163 Å². The predicted octanol–water partition coefficient (Wildman–Crippen LogP) is 11.5. The molecule has 1 aliphatic carbocycles. The summed E-state index contributed by atoms with van der Waals surface area (Å²) in [7, 11) is 0. The van der Waals surface area contributed by atoms with Crippen LogP contribution in [-0.2, 0) is 5.41 Å². The van der Waals surface area contributed by atoms with Gasteiger partial charge in [0.15, 0.2) is 0 Å². The van der Waals surface area contributed by atoms with Crippen molar-refractivity contribution in [2.45, 2.75) is 25.6 Å². The first kappa shape index (κ1) is 27.9. The van der Waals surface area contributed by atoms with Gasteiger partial charge in [0, 0.05) is 55.5 Å². The van der Waals surface area contributed by atoms with E-state index in [1.54, 1.807) is 0 Å². The maximum atomic E-state index is 5.62. The van der Waals surface area contributed by atoms with E-state index >= 15 is 0 Å². The molecule has 49 heavy (non-hydrogen) atoms. The molecule has 0 fully saturated rings. The molecule has 1 N–H and O–H groups in total. The first-order chi connectivity index (χ1) is 24.1. The normalized spacial score (nSPS) is 15.8. The van der Waals surface area contributed by atoms with Gasteiger partial charge in [0.05, 0.1) is 16.7 Å². The number of hydrogen-bond acceptors (Lipinski definition) is 3. The largest absolute Gasteiger partial charge is 0.346 e. The summed E-state index contributed by atoms with van der Waals surface area (Å²) in [5, 5.41) is 8.75. The van der Waals surface area contributed by atoms with Gasteiger partial charge in [-0.15, -0.1) is 0 Å². The molecule has 10 rings (SSSR count). The van der Waals surface area contributed by atoms with Crippen molar-refractivity contribution >= 4 is 61.0 Å². The van der Waals surface area contributed by atoms with Gasteiger partial charge in [-0.2, -0.15) is 0 Å². The molecule has 1 unspecified atom stereocenters. The van der Waals surface area contributed by atoms with Gasteiger partial charge in [-0.3, -0.25) is 0 Å². The lowest BCUT2D eigenvalue weighted by atomic mass is 9.67. The van der Waals surface area contributed by atoms with Gasteiger partial charge in [0.2, 0.25) is 6.29 Å². The summed E-state index contributed by atoms with van der Waals surface area (Å²) in [5.41, 5.74) is 12.8. The Morgan fingerprint density at radius 1 is 0.592 bits per heavy atom. The third kappa shape index (κ3) is 4.07. The van der Waals surface area contributed by atoms with E-state index in [0.29, 0.717) is 0 Å². The summed E-state index contributed by atoms with van der Waals surface area (Å²) in [6.45, 7) is 4.66. The number of aromatic nitrogens is 1. The van der Waals surface area contributed by atoms with E-state index < -0.39 is 0 Å². The molecule has 0 radical (unpaired) electrons. The fourth-order valence-corrected chi connectivity index (χ4v) is 8.31. The van der Waals surface area contributed by atoms with E-state index in [-0.39, 0.29) is 11.7 Å². The van der Waals surface area contributed by atoms with E-state index in [2.05, 4.69) is 186 Å². The lowest BCUT2D eigenvalue weighted by molar-refractivity contribution is 0.606. The molecule has 1 atom stereocenters.